The number of alkyl halides is 3. The second kappa shape index (κ2) is 6.16. The van der Waals surface area contributed by atoms with Gasteiger partial charge in [0, 0.05) is 13.1 Å². The Hall–Kier alpha value is -1.04. The zero-order valence-corrected chi connectivity index (χ0v) is 11.5. The fourth-order valence-corrected chi connectivity index (χ4v) is 2.89. The Balaban J connectivity index is 1.88. The minimum Gasteiger partial charge on any atom is -0.355 e. The summed E-state index contributed by atoms with van der Waals surface area (Å²) in [7, 11) is 0. The van der Waals surface area contributed by atoms with Gasteiger partial charge in [-0.3, -0.25) is 4.79 Å². The van der Waals surface area contributed by atoms with Crippen molar-refractivity contribution in [1.82, 2.24) is 10.6 Å². The molecule has 0 aromatic heterocycles. The van der Waals surface area contributed by atoms with Gasteiger partial charge in [-0.15, -0.1) is 0 Å². The molecule has 1 heterocycles. The van der Waals surface area contributed by atoms with Crippen LogP contribution in [0.3, 0.4) is 0 Å². The summed E-state index contributed by atoms with van der Waals surface area (Å²) < 4.78 is 39.4. The average Bonchev–Trinajstić information content (AvgIpc) is 2.90. The first-order valence-electron chi connectivity index (χ1n) is 7.19. The lowest BCUT2D eigenvalue weighted by Crippen LogP contribution is -2.52. The predicted molar refractivity (Wildman–Crippen MR) is 70.2 cm³/mol. The molecule has 1 fully saturated rings. The van der Waals surface area contributed by atoms with Gasteiger partial charge in [0.25, 0.3) is 0 Å². The molecule has 1 aliphatic carbocycles. The molecule has 114 valence electrons. The van der Waals surface area contributed by atoms with Gasteiger partial charge in [-0.1, -0.05) is 11.6 Å². The van der Waals surface area contributed by atoms with Gasteiger partial charge in [0.2, 0.25) is 5.91 Å². The molecule has 1 amide bonds. The SMILES string of the molecule is O=C(NCCC1=CCCCC1)C1(C(F)(F)F)CCNC1. The molecule has 0 saturated carbocycles. The molecule has 2 N–H and O–H groups in total. The fraction of sp³-hybridized carbons (Fsp3) is 0.786. The van der Waals surface area contributed by atoms with Crippen molar-refractivity contribution in [2.45, 2.75) is 44.7 Å². The molecule has 1 aliphatic heterocycles. The molecule has 1 saturated heterocycles. The highest BCUT2D eigenvalue weighted by atomic mass is 19.4. The van der Waals surface area contributed by atoms with Crippen molar-refractivity contribution in [3.8, 4) is 0 Å². The lowest BCUT2D eigenvalue weighted by Gasteiger charge is -2.29. The van der Waals surface area contributed by atoms with Crippen molar-refractivity contribution in [2.75, 3.05) is 19.6 Å². The van der Waals surface area contributed by atoms with Gasteiger partial charge >= 0.3 is 6.18 Å². The first kappa shape index (κ1) is 15.4. The first-order chi connectivity index (χ1) is 9.46. The lowest BCUT2D eigenvalue weighted by atomic mass is 9.85. The number of amides is 1. The molecule has 1 atom stereocenters. The third-order valence-corrected chi connectivity index (χ3v) is 4.25. The normalized spacial score (nSPS) is 27.2. The number of hydrogen-bond acceptors (Lipinski definition) is 2. The first-order valence-corrected chi connectivity index (χ1v) is 7.19. The van der Waals surface area contributed by atoms with E-state index in [-0.39, 0.29) is 19.5 Å². The zero-order chi connectivity index (χ0) is 14.6. The van der Waals surface area contributed by atoms with Crippen LogP contribution in [-0.4, -0.2) is 31.7 Å². The number of halogens is 3. The van der Waals surface area contributed by atoms with E-state index in [1.807, 2.05) is 0 Å². The van der Waals surface area contributed by atoms with Crippen LogP contribution in [0.4, 0.5) is 13.2 Å². The van der Waals surface area contributed by atoms with Crippen molar-refractivity contribution < 1.29 is 18.0 Å². The van der Waals surface area contributed by atoms with E-state index in [1.54, 1.807) is 0 Å². The number of allylic oxidation sites excluding steroid dienone is 1. The Bertz CT molecular complexity index is 384. The maximum atomic E-state index is 13.1. The van der Waals surface area contributed by atoms with E-state index in [2.05, 4.69) is 16.7 Å². The molecule has 0 aromatic rings. The summed E-state index contributed by atoms with van der Waals surface area (Å²) in [5, 5.41) is 5.13. The zero-order valence-electron chi connectivity index (χ0n) is 11.5. The molecule has 1 unspecified atom stereocenters. The van der Waals surface area contributed by atoms with Crippen LogP contribution in [0.25, 0.3) is 0 Å². The Morgan fingerprint density at radius 1 is 1.40 bits per heavy atom. The van der Waals surface area contributed by atoms with Crippen molar-refractivity contribution in [2.24, 2.45) is 5.41 Å². The summed E-state index contributed by atoms with van der Waals surface area (Å²) in [5.74, 6) is -0.883. The summed E-state index contributed by atoms with van der Waals surface area (Å²) in [6.07, 6.45) is 2.49. The maximum absolute atomic E-state index is 13.1. The van der Waals surface area contributed by atoms with E-state index in [0.717, 1.165) is 19.3 Å². The fourth-order valence-electron chi connectivity index (χ4n) is 2.89. The Labute approximate surface area is 117 Å². The van der Waals surface area contributed by atoms with Crippen molar-refractivity contribution in [3.05, 3.63) is 11.6 Å². The number of carbonyl (C=O) groups excluding carboxylic acids is 1. The molecule has 6 heteroatoms. The Morgan fingerprint density at radius 2 is 2.20 bits per heavy atom. The van der Waals surface area contributed by atoms with Crippen LogP contribution in [0.5, 0.6) is 0 Å². The topological polar surface area (TPSA) is 41.1 Å². The molecule has 0 aromatic carbocycles. The molecule has 2 aliphatic rings. The van der Waals surface area contributed by atoms with E-state index < -0.39 is 17.5 Å². The second-order valence-electron chi connectivity index (χ2n) is 5.62. The van der Waals surface area contributed by atoms with E-state index in [9.17, 15) is 18.0 Å². The van der Waals surface area contributed by atoms with E-state index in [1.165, 1.54) is 12.0 Å². The molecular formula is C14H21F3N2O. The molecule has 0 spiro atoms. The van der Waals surface area contributed by atoms with Gasteiger partial charge in [-0.05, 0) is 45.1 Å². The molecule has 20 heavy (non-hydrogen) atoms. The molecular weight excluding hydrogens is 269 g/mol. The Morgan fingerprint density at radius 3 is 2.75 bits per heavy atom. The third-order valence-electron chi connectivity index (χ3n) is 4.25. The van der Waals surface area contributed by atoms with Crippen LogP contribution >= 0.6 is 0 Å². The quantitative estimate of drug-likeness (QED) is 0.781. The monoisotopic (exact) mass is 290 g/mol. The van der Waals surface area contributed by atoms with Crippen LogP contribution in [0.2, 0.25) is 0 Å². The van der Waals surface area contributed by atoms with Crippen LogP contribution in [-0.2, 0) is 4.79 Å². The van der Waals surface area contributed by atoms with Crippen molar-refractivity contribution in [3.63, 3.8) is 0 Å². The van der Waals surface area contributed by atoms with Crippen LogP contribution < -0.4 is 10.6 Å². The van der Waals surface area contributed by atoms with Gasteiger partial charge in [0.15, 0.2) is 5.41 Å². The number of carbonyl (C=O) groups is 1. The van der Waals surface area contributed by atoms with Gasteiger partial charge in [-0.25, -0.2) is 0 Å². The minimum atomic E-state index is -4.50. The van der Waals surface area contributed by atoms with Gasteiger partial charge in [0.1, 0.15) is 0 Å². The van der Waals surface area contributed by atoms with Gasteiger partial charge < -0.3 is 10.6 Å². The number of rotatable bonds is 4. The largest absolute Gasteiger partial charge is 0.404 e. The lowest BCUT2D eigenvalue weighted by molar-refractivity contribution is -0.215. The van der Waals surface area contributed by atoms with Gasteiger partial charge in [-0.2, -0.15) is 13.2 Å². The van der Waals surface area contributed by atoms with Gasteiger partial charge in [0.05, 0.1) is 0 Å². The molecule has 3 nitrogen and oxygen atoms in total. The predicted octanol–water partition coefficient (Wildman–Crippen LogP) is 2.54. The second-order valence-corrected chi connectivity index (χ2v) is 5.62. The summed E-state index contributed by atoms with van der Waals surface area (Å²) in [4.78, 5) is 12.0. The highest BCUT2D eigenvalue weighted by molar-refractivity contribution is 5.84. The van der Waals surface area contributed by atoms with Crippen LogP contribution in [0.15, 0.2) is 11.6 Å². The summed E-state index contributed by atoms with van der Waals surface area (Å²) in [5.41, 5.74) is -0.990. The molecule has 2 rings (SSSR count). The minimum absolute atomic E-state index is 0.176. The third kappa shape index (κ3) is 3.16. The van der Waals surface area contributed by atoms with E-state index in [4.69, 9.17) is 0 Å². The summed E-state index contributed by atoms with van der Waals surface area (Å²) in [6.45, 7) is 0.214. The Kier molecular flexibility index (Phi) is 4.73. The van der Waals surface area contributed by atoms with Crippen LogP contribution in [0, 0.1) is 5.41 Å². The molecule has 0 bridgehead atoms. The van der Waals surface area contributed by atoms with Crippen LogP contribution in [0.1, 0.15) is 38.5 Å². The average molecular weight is 290 g/mol. The number of hydrogen-bond donors (Lipinski definition) is 2. The molecule has 0 radical (unpaired) electrons. The van der Waals surface area contributed by atoms with Crippen molar-refractivity contribution >= 4 is 5.91 Å². The smallest absolute Gasteiger partial charge is 0.355 e. The van der Waals surface area contributed by atoms with E-state index in [0.29, 0.717) is 13.0 Å². The van der Waals surface area contributed by atoms with E-state index >= 15 is 0 Å². The van der Waals surface area contributed by atoms with Crippen molar-refractivity contribution in [1.29, 1.82) is 0 Å². The highest BCUT2D eigenvalue weighted by Gasteiger charge is 2.61. The summed E-state index contributed by atoms with van der Waals surface area (Å²) in [6, 6.07) is 0. The summed E-state index contributed by atoms with van der Waals surface area (Å²) >= 11 is 0. The highest BCUT2D eigenvalue weighted by Crippen LogP contribution is 2.43. The standard InChI is InChI=1S/C14H21F3N2O/c15-14(16,17)13(7-9-18-10-13)12(20)19-8-6-11-4-2-1-3-5-11/h4,18H,1-3,5-10H2,(H,19,20). The number of nitrogens with one attached hydrogen (secondary N) is 2. The maximum Gasteiger partial charge on any atom is 0.404 e.